The first-order chi connectivity index (χ1) is 12.7. The predicted octanol–water partition coefficient (Wildman–Crippen LogP) is 1.45. The summed E-state index contributed by atoms with van der Waals surface area (Å²) in [6, 6.07) is 6.54. The maximum absolute atomic E-state index is 13.0. The van der Waals surface area contributed by atoms with E-state index in [0.29, 0.717) is 44.1 Å². The molecule has 0 aliphatic carbocycles. The number of hydrogen-bond acceptors (Lipinski definition) is 6. The Balaban J connectivity index is 1.68. The van der Waals surface area contributed by atoms with Crippen LogP contribution in [0.5, 0.6) is 0 Å². The molecule has 0 saturated carbocycles. The molecule has 1 fully saturated rings. The van der Waals surface area contributed by atoms with Gasteiger partial charge in [0, 0.05) is 51.9 Å². The average molecular weight is 393 g/mol. The average Bonchev–Trinajstić information content (AvgIpc) is 2.88. The lowest BCUT2D eigenvalue weighted by Crippen LogP contribution is -2.48. The Kier molecular flexibility index (Phi) is 5.31. The number of nitrogens with zero attached hydrogens (tertiary/aromatic N) is 5. The van der Waals surface area contributed by atoms with Crippen molar-refractivity contribution in [2.75, 3.05) is 26.2 Å². The monoisotopic (exact) mass is 393 g/mol. The second-order valence-electron chi connectivity index (χ2n) is 6.73. The lowest BCUT2D eigenvalue weighted by Gasteiger charge is -2.34. The molecule has 0 amide bonds. The molecule has 9 nitrogen and oxygen atoms in total. The molecule has 3 rings (SSSR count). The summed E-state index contributed by atoms with van der Waals surface area (Å²) in [6.45, 7) is 5.92. The fourth-order valence-electron chi connectivity index (χ4n) is 3.41. The molecular formula is C17H23N5O4S. The van der Waals surface area contributed by atoms with Crippen molar-refractivity contribution < 1.29 is 13.3 Å². The van der Waals surface area contributed by atoms with Gasteiger partial charge in [-0.25, -0.2) is 8.42 Å². The summed E-state index contributed by atoms with van der Waals surface area (Å²) in [4.78, 5) is 12.9. The largest absolute Gasteiger partial charge is 0.296 e. The van der Waals surface area contributed by atoms with E-state index in [0.717, 1.165) is 5.56 Å². The van der Waals surface area contributed by atoms with Crippen molar-refractivity contribution in [1.82, 2.24) is 19.0 Å². The number of piperazine rings is 1. The number of nitro benzene ring substituents is 1. The molecule has 0 radical (unpaired) electrons. The minimum absolute atomic E-state index is 0.0660. The topological polar surface area (TPSA) is 102 Å². The van der Waals surface area contributed by atoms with Crippen LogP contribution in [-0.4, -0.2) is 58.5 Å². The van der Waals surface area contributed by atoms with Crippen molar-refractivity contribution in [3.05, 3.63) is 51.3 Å². The number of nitro groups is 1. The van der Waals surface area contributed by atoms with Gasteiger partial charge in [0.15, 0.2) is 0 Å². The van der Waals surface area contributed by atoms with Crippen molar-refractivity contribution >= 4 is 15.7 Å². The Hall–Kier alpha value is -2.30. The molecule has 1 aliphatic rings. The number of hydrogen-bond donors (Lipinski definition) is 0. The van der Waals surface area contributed by atoms with Gasteiger partial charge in [0.1, 0.15) is 4.90 Å². The third-order valence-corrected chi connectivity index (χ3v) is 7.05. The van der Waals surface area contributed by atoms with E-state index in [4.69, 9.17) is 0 Å². The molecule has 27 heavy (non-hydrogen) atoms. The Morgan fingerprint density at radius 3 is 2.41 bits per heavy atom. The maximum atomic E-state index is 13.0. The SMILES string of the molecule is Cc1nn(C)c(C)c1S(=O)(=O)N1CCN(Cc2cccc([N+](=O)[O-])c2)CC1. The van der Waals surface area contributed by atoms with E-state index in [1.807, 2.05) is 6.07 Å². The summed E-state index contributed by atoms with van der Waals surface area (Å²) < 4.78 is 29.1. The van der Waals surface area contributed by atoms with Gasteiger partial charge < -0.3 is 0 Å². The van der Waals surface area contributed by atoms with Crippen molar-refractivity contribution in [3.63, 3.8) is 0 Å². The van der Waals surface area contributed by atoms with Crippen LogP contribution in [0.2, 0.25) is 0 Å². The van der Waals surface area contributed by atoms with Crippen LogP contribution in [0, 0.1) is 24.0 Å². The number of rotatable bonds is 5. The van der Waals surface area contributed by atoms with E-state index in [9.17, 15) is 18.5 Å². The van der Waals surface area contributed by atoms with E-state index in [1.54, 1.807) is 37.7 Å². The molecule has 0 unspecified atom stereocenters. The van der Waals surface area contributed by atoms with Gasteiger partial charge in [0.2, 0.25) is 10.0 Å². The number of aryl methyl sites for hydroxylation is 2. The van der Waals surface area contributed by atoms with Crippen LogP contribution in [0.4, 0.5) is 5.69 Å². The highest BCUT2D eigenvalue weighted by Gasteiger charge is 2.32. The maximum Gasteiger partial charge on any atom is 0.269 e. The molecule has 10 heteroatoms. The molecule has 1 saturated heterocycles. The fourth-order valence-corrected chi connectivity index (χ4v) is 5.23. The highest BCUT2D eigenvalue weighted by molar-refractivity contribution is 7.89. The summed E-state index contributed by atoms with van der Waals surface area (Å²) in [5.74, 6) is 0. The lowest BCUT2D eigenvalue weighted by atomic mass is 10.2. The summed E-state index contributed by atoms with van der Waals surface area (Å²) in [5, 5.41) is 15.1. The van der Waals surface area contributed by atoms with Crippen LogP contribution in [-0.2, 0) is 23.6 Å². The summed E-state index contributed by atoms with van der Waals surface area (Å²) in [6.07, 6.45) is 0. The van der Waals surface area contributed by atoms with Crippen LogP contribution in [0.1, 0.15) is 17.0 Å². The fraction of sp³-hybridized carbons (Fsp3) is 0.471. The van der Waals surface area contributed by atoms with Gasteiger partial charge in [0.25, 0.3) is 5.69 Å². The molecular weight excluding hydrogens is 370 g/mol. The summed E-state index contributed by atoms with van der Waals surface area (Å²) in [7, 11) is -1.85. The van der Waals surface area contributed by atoms with E-state index in [1.165, 1.54) is 10.4 Å². The van der Waals surface area contributed by atoms with Crippen LogP contribution in [0.3, 0.4) is 0 Å². The van der Waals surface area contributed by atoms with Crippen molar-refractivity contribution in [2.24, 2.45) is 7.05 Å². The van der Waals surface area contributed by atoms with Crippen LogP contribution >= 0.6 is 0 Å². The smallest absolute Gasteiger partial charge is 0.269 e. The van der Waals surface area contributed by atoms with Crippen molar-refractivity contribution in [2.45, 2.75) is 25.3 Å². The number of non-ortho nitro benzene ring substituents is 1. The summed E-state index contributed by atoms with van der Waals surface area (Å²) >= 11 is 0. The van der Waals surface area contributed by atoms with Crippen molar-refractivity contribution in [1.29, 1.82) is 0 Å². The summed E-state index contributed by atoms with van der Waals surface area (Å²) in [5.41, 5.74) is 2.05. The minimum atomic E-state index is -3.58. The Bertz CT molecular complexity index is 962. The van der Waals surface area contributed by atoms with Gasteiger partial charge in [-0.3, -0.25) is 19.7 Å². The quantitative estimate of drug-likeness (QED) is 0.563. The lowest BCUT2D eigenvalue weighted by molar-refractivity contribution is -0.384. The minimum Gasteiger partial charge on any atom is -0.296 e. The first kappa shape index (κ1) is 19.5. The molecule has 2 aromatic rings. The molecule has 0 spiro atoms. The molecule has 0 N–H and O–H groups in total. The first-order valence-electron chi connectivity index (χ1n) is 8.66. The van der Waals surface area contributed by atoms with Crippen molar-refractivity contribution in [3.8, 4) is 0 Å². The molecule has 0 bridgehead atoms. The second-order valence-corrected chi connectivity index (χ2v) is 8.61. The molecule has 1 aromatic heterocycles. The first-order valence-corrected chi connectivity index (χ1v) is 10.1. The standard InChI is InChI=1S/C17H23N5O4S/c1-13-17(14(2)19(3)18-13)27(25,26)21-9-7-20(8-10-21)12-15-5-4-6-16(11-15)22(23)24/h4-6,11H,7-10,12H2,1-3H3. The molecule has 1 aromatic carbocycles. The normalized spacial score (nSPS) is 16.6. The van der Waals surface area contributed by atoms with Crippen LogP contribution in [0.25, 0.3) is 0 Å². The zero-order valence-electron chi connectivity index (χ0n) is 15.6. The molecule has 2 heterocycles. The highest BCUT2D eigenvalue weighted by atomic mass is 32.2. The Morgan fingerprint density at radius 1 is 1.19 bits per heavy atom. The van der Waals surface area contributed by atoms with E-state index < -0.39 is 14.9 Å². The third-order valence-electron chi connectivity index (χ3n) is 4.90. The van der Waals surface area contributed by atoms with Gasteiger partial charge in [-0.05, 0) is 19.4 Å². The Morgan fingerprint density at radius 2 is 1.85 bits per heavy atom. The van der Waals surface area contributed by atoms with E-state index >= 15 is 0 Å². The van der Waals surface area contributed by atoms with E-state index in [-0.39, 0.29) is 10.6 Å². The molecule has 0 atom stereocenters. The second kappa shape index (κ2) is 7.37. The van der Waals surface area contributed by atoms with Gasteiger partial charge in [0.05, 0.1) is 16.3 Å². The zero-order chi connectivity index (χ0) is 19.8. The van der Waals surface area contributed by atoms with Gasteiger partial charge >= 0.3 is 0 Å². The van der Waals surface area contributed by atoms with Crippen LogP contribution in [0.15, 0.2) is 29.2 Å². The third kappa shape index (κ3) is 3.87. The van der Waals surface area contributed by atoms with Crippen LogP contribution < -0.4 is 0 Å². The van der Waals surface area contributed by atoms with Gasteiger partial charge in [-0.15, -0.1) is 0 Å². The number of aromatic nitrogens is 2. The number of benzene rings is 1. The van der Waals surface area contributed by atoms with Gasteiger partial charge in [-0.1, -0.05) is 12.1 Å². The molecule has 1 aliphatic heterocycles. The zero-order valence-corrected chi connectivity index (χ0v) is 16.4. The highest BCUT2D eigenvalue weighted by Crippen LogP contribution is 2.24. The predicted molar refractivity (Wildman–Crippen MR) is 99.8 cm³/mol. The Labute approximate surface area is 158 Å². The van der Waals surface area contributed by atoms with E-state index in [2.05, 4.69) is 10.00 Å². The number of sulfonamides is 1. The van der Waals surface area contributed by atoms with Gasteiger partial charge in [-0.2, -0.15) is 9.40 Å². The molecule has 146 valence electrons.